The van der Waals surface area contributed by atoms with Gasteiger partial charge in [-0.15, -0.1) is 0 Å². The molecule has 2 saturated heterocycles. The van der Waals surface area contributed by atoms with Crippen molar-refractivity contribution < 1.29 is 19.7 Å². The number of nitrogens with zero attached hydrogens (tertiary/aromatic N) is 2. The summed E-state index contributed by atoms with van der Waals surface area (Å²) in [5, 5.41) is 22.8. The summed E-state index contributed by atoms with van der Waals surface area (Å²) < 4.78 is 5.78. The van der Waals surface area contributed by atoms with E-state index >= 15 is 0 Å². The van der Waals surface area contributed by atoms with Gasteiger partial charge in [0.25, 0.3) is 0 Å². The quantitative estimate of drug-likeness (QED) is 0.660. The van der Waals surface area contributed by atoms with Gasteiger partial charge < -0.3 is 25.2 Å². The lowest BCUT2D eigenvalue weighted by molar-refractivity contribution is -0.119. The fourth-order valence-corrected chi connectivity index (χ4v) is 3.76. The number of hydrogen-bond donors (Lipinski definition) is 3. The molecule has 0 bridgehead atoms. The molecule has 1 amide bonds. The Balaban J connectivity index is 1.63. The van der Waals surface area contributed by atoms with E-state index in [-0.39, 0.29) is 24.7 Å². The zero-order valence-corrected chi connectivity index (χ0v) is 14.5. The molecule has 0 spiro atoms. The molecule has 4 atom stereocenters. The second kappa shape index (κ2) is 8.14. The van der Waals surface area contributed by atoms with Gasteiger partial charge in [0.1, 0.15) is 12.2 Å². The summed E-state index contributed by atoms with van der Waals surface area (Å²) in [5.74, 6) is -0.127. The average Bonchev–Trinajstić information content (AvgIpc) is 2.96. The predicted octanol–water partition coefficient (Wildman–Crippen LogP) is -0.566. The average molecular weight is 349 g/mol. The highest BCUT2D eigenvalue weighted by molar-refractivity contribution is 5.72. The van der Waals surface area contributed by atoms with Gasteiger partial charge in [0.2, 0.25) is 5.91 Å². The van der Waals surface area contributed by atoms with E-state index in [1.54, 1.807) is 0 Å². The first-order valence-corrected chi connectivity index (χ1v) is 8.83. The largest absolute Gasteiger partial charge is 0.394 e. The van der Waals surface area contributed by atoms with Crippen molar-refractivity contribution >= 4 is 11.6 Å². The molecule has 0 aliphatic carbocycles. The number of piperazine rings is 1. The van der Waals surface area contributed by atoms with Gasteiger partial charge in [-0.3, -0.25) is 9.69 Å². The molecule has 2 fully saturated rings. The summed E-state index contributed by atoms with van der Waals surface area (Å²) in [4.78, 5) is 15.8. The van der Waals surface area contributed by atoms with Crippen LogP contribution in [-0.2, 0) is 9.53 Å². The number of nitrogens with one attached hydrogen (secondary N) is 1. The van der Waals surface area contributed by atoms with E-state index in [0.717, 1.165) is 26.2 Å². The normalized spacial score (nSPS) is 30.4. The summed E-state index contributed by atoms with van der Waals surface area (Å²) in [5.41, 5.74) is 1.20. The van der Waals surface area contributed by atoms with Gasteiger partial charge in [-0.1, -0.05) is 18.2 Å². The minimum absolute atomic E-state index is 0.127. The number of carbonyl (C=O) groups is 1. The van der Waals surface area contributed by atoms with Crippen molar-refractivity contribution in [1.82, 2.24) is 10.2 Å². The Labute approximate surface area is 148 Å². The fourth-order valence-electron chi connectivity index (χ4n) is 3.76. The third-order valence-electron chi connectivity index (χ3n) is 5.05. The summed E-state index contributed by atoms with van der Waals surface area (Å²) in [6.45, 7) is 4.91. The summed E-state index contributed by atoms with van der Waals surface area (Å²) in [6, 6.07) is 10.1. The van der Waals surface area contributed by atoms with Crippen molar-refractivity contribution in [2.45, 2.75) is 31.3 Å². The zero-order chi connectivity index (χ0) is 17.8. The number of aliphatic hydroxyl groups is 2. The van der Waals surface area contributed by atoms with Crippen LogP contribution in [-0.4, -0.2) is 84.7 Å². The number of hydrogen-bond acceptors (Lipinski definition) is 6. The SMILES string of the molecule is CC(=O)NCC1OC(CO)C(O)C1N1CCN(c2ccccc2)CC1. The number of anilines is 1. The van der Waals surface area contributed by atoms with Crippen molar-refractivity contribution in [2.24, 2.45) is 0 Å². The third kappa shape index (κ3) is 4.12. The first-order chi connectivity index (χ1) is 12.1. The van der Waals surface area contributed by atoms with Crippen LogP contribution in [0.3, 0.4) is 0 Å². The van der Waals surface area contributed by atoms with E-state index in [1.165, 1.54) is 12.6 Å². The molecule has 3 N–H and O–H groups in total. The maximum Gasteiger partial charge on any atom is 0.216 e. The van der Waals surface area contributed by atoms with Crippen molar-refractivity contribution in [3.8, 4) is 0 Å². The topological polar surface area (TPSA) is 85.3 Å². The van der Waals surface area contributed by atoms with Gasteiger partial charge in [-0.2, -0.15) is 0 Å². The van der Waals surface area contributed by atoms with E-state index in [1.807, 2.05) is 18.2 Å². The fraction of sp³-hybridized carbons (Fsp3) is 0.611. The van der Waals surface area contributed by atoms with Crippen LogP contribution in [0.4, 0.5) is 5.69 Å². The molecular formula is C18H27N3O4. The Morgan fingerprint density at radius 1 is 1.20 bits per heavy atom. The molecule has 25 heavy (non-hydrogen) atoms. The lowest BCUT2D eigenvalue weighted by Gasteiger charge is -2.41. The first kappa shape index (κ1) is 18.1. The predicted molar refractivity (Wildman–Crippen MR) is 94.5 cm³/mol. The van der Waals surface area contributed by atoms with Crippen LogP contribution in [0.1, 0.15) is 6.92 Å². The van der Waals surface area contributed by atoms with Crippen LogP contribution >= 0.6 is 0 Å². The number of ether oxygens (including phenoxy) is 1. The number of rotatable bonds is 5. The van der Waals surface area contributed by atoms with Crippen LogP contribution in [0.15, 0.2) is 30.3 Å². The monoisotopic (exact) mass is 349 g/mol. The Hall–Kier alpha value is -1.67. The Kier molecular flexibility index (Phi) is 5.90. The molecule has 1 aromatic rings. The van der Waals surface area contributed by atoms with E-state index < -0.39 is 12.2 Å². The number of para-hydroxylation sites is 1. The van der Waals surface area contributed by atoms with Crippen molar-refractivity contribution in [2.75, 3.05) is 44.2 Å². The number of benzene rings is 1. The number of amides is 1. The summed E-state index contributed by atoms with van der Waals surface area (Å²) in [6.07, 6.45) is -1.68. The van der Waals surface area contributed by atoms with Crippen molar-refractivity contribution in [3.63, 3.8) is 0 Å². The molecule has 0 radical (unpaired) electrons. The molecule has 0 saturated carbocycles. The third-order valence-corrected chi connectivity index (χ3v) is 5.05. The Bertz CT molecular complexity index is 563. The smallest absolute Gasteiger partial charge is 0.216 e. The van der Waals surface area contributed by atoms with Crippen molar-refractivity contribution in [3.05, 3.63) is 30.3 Å². The molecule has 1 aromatic carbocycles. The zero-order valence-electron chi connectivity index (χ0n) is 14.5. The molecule has 2 heterocycles. The Morgan fingerprint density at radius 2 is 1.88 bits per heavy atom. The highest BCUT2D eigenvalue weighted by Crippen LogP contribution is 2.27. The van der Waals surface area contributed by atoms with Gasteiger partial charge in [-0.05, 0) is 12.1 Å². The van der Waals surface area contributed by atoms with Crippen LogP contribution in [0.5, 0.6) is 0 Å². The number of aliphatic hydroxyl groups excluding tert-OH is 2. The van der Waals surface area contributed by atoms with E-state index in [4.69, 9.17) is 4.74 Å². The molecular weight excluding hydrogens is 322 g/mol. The lowest BCUT2D eigenvalue weighted by Crippen LogP contribution is -2.57. The summed E-state index contributed by atoms with van der Waals surface area (Å²) >= 11 is 0. The first-order valence-electron chi connectivity index (χ1n) is 8.83. The Morgan fingerprint density at radius 3 is 2.48 bits per heavy atom. The minimum atomic E-state index is -0.757. The molecule has 2 aliphatic rings. The molecule has 7 nitrogen and oxygen atoms in total. The van der Waals surface area contributed by atoms with Crippen LogP contribution in [0, 0.1) is 0 Å². The van der Waals surface area contributed by atoms with Gasteiger partial charge in [0, 0.05) is 45.3 Å². The van der Waals surface area contributed by atoms with Gasteiger partial charge in [-0.25, -0.2) is 0 Å². The van der Waals surface area contributed by atoms with Crippen LogP contribution in [0.25, 0.3) is 0 Å². The molecule has 0 aromatic heterocycles. The van der Waals surface area contributed by atoms with E-state index in [2.05, 4.69) is 27.2 Å². The molecule has 2 aliphatic heterocycles. The van der Waals surface area contributed by atoms with Gasteiger partial charge in [0.05, 0.1) is 18.8 Å². The number of carbonyl (C=O) groups excluding carboxylic acids is 1. The standard InChI is InChI=1S/C18H27N3O4/c1-13(23)19-11-15-17(18(24)16(12-22)25-15)21-9-7-20(8-10-21)14-5-3-2-4-6-14/h2-6,15-18,22,24H,7-12H2,1H3,(H,19,23). The highest BCUT2D eigenvalue weighted by Gasteiger charge is 2.46. The molecule has 7 heteroatoms. The van der Waals surface area contributed by atoms with Gasteiger partial charge >= 0.3 is 0 Å². The highest BCUT2D eigenvalue weighted by atomic mass is 16.5. The molecule has 138 valence electrons. The lowest BCUT2D eigenvalue weighted by atomic mass is 10.0. The second-order valence-electron chi connectivity index (χ2n) is 6.67. The maximum atomic E-state index is 11.2. The molecule has 4 unspecified atom stereocenters. The molecule has 3 rings (SSSR count). The van der Waals surface area contributed by atoms with E-state index in [9.17, 15) is 15.0 Å². The second-order valence-corrected chi connectivity index (χ2v) is 6.67. The minimum Gasteiger partial charge on any atom is -0.394 e. The van der Waals surface area contributed by atoms with Gasteiger partial charge in [0.15, 0.2) is 0 Å². The maximum absolute atomic E-state index is 11.2. The van der Waals surface area contributed by atoms with E-state index in [0.29, 0.717) is 6.54 Å². The summed E-state index contributed by atoms with van der Waals surface area (Å²) in [7, 11) is 0. The van der Waals surface area contributed by atoms with Crippen LogP contribution < -0.4 is 10.2 Å². The van der Waals surface area contributed by atoms with Crippen molar-refractivity contribution in [1.29, 1.82) is 0 Å². The van der Waals surface area contributed by atoms with Crippen LogP contribution in [0.2, 0.25) is 0 Å².